The lowest BCUT2D eigenvalue weighted by atomic mass is 9.80. The summed E-state index contributed by atoms with van der Waals surface area (Å²) in [5.41, 5.74) is -3.92. The highest BCUT2D eigenvalue weighted by Crippen LogP contribution is 2.46. The van der Waals surface area contributed by atoms with Crippen LogP contribution in [0.15, 0.2) is 30.3 Å². The van der Waals surface area contributed by atoms with Gasteiger partial charge in [0.1, 0.15) is 0 Å². The van der Waals surface area contributed by atoms with Gasteiger partial charge in [-0.25, -0.2) is 4.79 Å². The van der Waals surface area contributed by atoms with Gasteiger partial charge in [0.2, 0.25) is 0 Å². The molecule has 2 aromatic carbocycles. The molecule has 0 radical (unpaired) electrons. The largest absolute Gasteiger partial charge is 0.493 e. The Bertz CT molecular complexity index is 1100. The lowest BCUT2D eigenvalue weighted by Crippen LogP contribution is -2.43. The Morgan fingerprint density at radius 2 is 1.41 bits per heavy atom. The van der Waals surface area contributed by atoms with Crippen molar-refractivity contribution >= 4 is 17.6 Å². The van der Waals surface area contributed by atoms with Gasteiger partial charge in [0.25, 0.3) is 0 Å². The zero-order valence-corrected chi connectivity index (χ0v) is 18.0. The van der Waals surface area contributed by atoms with Crippen molar-refractivity contribution in [2.24, 2.45) is 0 Å². The summed E-state index contributed by atoms with van der Waals surface area (Å²) in [4.78, 5) is 26.1. The number of hydrogen-bond acceptors (Lipinski definition) is 4. The molecule has 1 aliphatic rings. The van der Waals surface area contributed by atoms with E-state index >= 15 is 0 Å². The first-order chi connectivity index (χ1) is 15.7. The van der Waals surface area contributed by atoms with E-state index in [-0.39, 0.29) is 35.2 Å². The highest BCUT2D eigenvalue weighted by molar-refractivity contribution is 6.04. The lowest BCUT2D eigenvalue weighted by Gasteiger charge is -2.37. The predicted octanol–water partition coefficient (Wildman–Crippen LogP) is 5.98. The van der Waals surface area contributed by atoms with Crippen LogP contribution in [-0.4, -0.2) is 37.2 Å². The number of ketones is 1. The van der Waals surface area contributed by atoms with Crippen molar-refractivity contribution in [1.29, 1.82) is 0 Å². The summed E-state index contributed by atoms with van der Waals surface area (Å²) < 4.78 is 90.1. The number of rotatable bonds is 4. The molecule has 3 rings (SSSR count). The van der Waals surface area contributed by atoms with E-state index < -0.39 is 52.9 Å². The second-order valence-corrected chi connectivity index (χ2v) is 7.71. The number of halogens is 6. The molecule has 0 bridgehead atoms. The number of alkyl halides is 6. The van der Waals surface area contributed by atoms with E-state index in [1.807, 2.05) is 0 Å². The van der Waals surface area contributed by atoms with Gasteiger partial charge in [-0.05, 0) is 43.2 Å². The van der Waals surface area contributed by atoms with Gasteiger partial charge in [0.05, 0.1) is 37.0 Å². The Morgan fingerprint density at radius 3 is 1.85 bits per heavy atom. The number of carboxylic acid groups (broad SMARTS) is 1. The molecule has 1 amide bonds. The molecule has 6 nitrogen and oxygen atoms in total. The van der Waals surface area contributed by atoms with Crippen LogP contribution in [0.2, 0.25) is 0 Å². The first-order valence-electron chi connectivity index (χ1n) is 9.80. The fourth-order valence-electron chi connectivity index (χ4n) is 4.02. The summed E-state index contributed by atoms with van der Waals surface area (Å²) in [5.74, 6) is -2.00. The lowest BCUT2D eigenvalue weighted by molar-refractivity contribution is -0.143. The van der Waals surface area contributed by atoms with Gasteiger partial charge in [0.15, 0.2) is 17.3 Å². The number of anilines is 1. The third-order valence-corrected chi connectivity index (χ3v) is 5.58. The van der Waals surface area contributed by atoms with Crippen LogP contribution in [0.1, 0.15) is 46.3 Å². The number of fused-ring (bicyclic) bond motifs is 1. The molecular weight excluding hydrogens is 472 g/mol. The van der Waals surface area contributed by atoms with Crippen LogP contribution >= 0.6 is 0 Å². The molecule has 0 spiro atoms. The number of carbonyl (C=O) groups is 2. The van der Waals surface area contributed by atoms with Crippen LogP contribution in [0.5, 0.6) is 11.5 Å². The molecule has 1 aliphatic heterocycles. The van der Waals surface area contributed by atoms with E-state index in [9.17, 15) is 41.0 Å². The average Bonchev–Trinajstić information content (AvgIpc) is 2.75. The van der Waals surface area contributed by atoms with Gasteiger partial charge in [-0.15, -0.1) is 0 Å². The number of carbonyl (C=O) groups excluding carboxylic acids is 1. The maximum Gasteiger partial charge on any atom is 0.416 e. The standard InChI is InChI=1S/C22H19F6NO5/c1-10-4-15(14-8-17(33-2)18(34-3)9-16(14)29(10)20(31)32)19(30)11-5-12(21(23,24)25)7-13(6-11)22(26,27)28/h5-10,15H,4H2,1-3H3,(H,31,32)/t10-,15+/m1/s1. The molecule has 1 heterocycles. The third-order valence-electron chi connectivity index (χ3n) is 5.58. The summed E-state index contributed by atoms with van der Waals surface area (Å²) in [6.45, 7) is 1.47. The normalized spacial score (nSPS) is 18.3. The van der Waals surface area contributed by atoms with Crippen molar-refractivity contribution in [2.75, 3.05) is 19.1 Å². The molecule has 0 aromatic heterocycles. The molecule has 184 valence electrons. The summed E-state index contributed by atoms with van der Waals surface area (Å²) in [6, 6.07) is 2.46. The molecule has 0 aliphatic carbocycles. The fourth-order valence-corrected chi connectivity index (χ4v) is 4.02. The smallest absolute Gasteiger partial charge is 0.416 e. The van der Waals surface area contributed by atoms with Crippen molar-refractivity contribution in [2.45, 2.75) is 37.7 Å². The van der Waals surface area contributed by atoms with Crippen LogP contribution in [-0.2, 0) is 12.4 Å². The van der Waals surface area contributed by atoms with Gasteiger partial charge in [0, 0.05) is 17.7 Å². The summed E-state index contributed by atoms with van der Waals surface area (Å²) >= 11 is 0. The third kappa shape index (κ3) is 4.62. The number of amides is 1. The quantitative estimate of drug-likeness (QED) is 0.421. The maximum atomic E-state index is 13.3. The number of methoxy groups -OCH3 is 2. The van der Waals surface area contributed by atoms with E-state index in [4.69, 9.17) is 9.47 Å². The number of hydrogen-bond donors (Lipinski definition) is 1. The topological polar surface area (TPSA) is 76.1 Å². The Kier molecular flexibility index (Phi) is 6.47. The molecule has 0 saturated heterocycles. The van der Waals surface area contributed by atoms with Crippen molar-refractivity contribution in [3.8, 4) is 11.5 Å². The summed E-state index contributed by atoms with van der Waals surface area (Å²) in [7, 11) is 2.58. The van der Waals surface area contributed by atoms with Crippen molar-refractivity contribution in [3.63, 3.8) is 0 Å². The molecule has 0 saturated carbocycles. The monoisotopic (exact) mass is 491 g/mol. The number of ether oxygens (including phenoxy) is 2. The van der Waals surface area contributed by atoms with Gasteiger partial charge >= 0.3 is 18.4 Å². The first kappa shape index (κ1) is 25.2. The van der Waals surface area contributed by atoms with E-state index in [1.54, 1.807) is 0 Å². The highest BCUT2D eigenvalue weighted by Gasteiger charge is 2.41. The summed E-state index contributed by atoms with van der Waals surface area (Å²) in [6.07, 6.45) is -11.8. The fraction of sp³-hybridized carbons (Fsp3) is 0.364. The van der Waals surface area contributed by atoms with E-state index in [2.05, 4.69) is 0 Å². The van der Waals surface area contributed by atoms with Gasteiger partial charge in [-0.1, -0.05) is 0 Å². The molecule has 0 fully saturated rings. The van der Waals surface area contributed by atoms with Crippen molar-refractivity contribution < 1.29 is 50.5 Å². The molecule has 12 heteroatoms. The highest BCUT2D eigenvalue weighted by atomic mass is 19.4. The number of benzene rings is 2. The second kappa shape index (κ2) is 8.73. The van der Waals surface area contributed by atoms with Gasteiger partial charge in [-0.2, -0.15) is 26.3 Å². The minimum atomic E-state index is -5.12. The molecule has 2 aromatic rings. The minimum Gasteiger partial charge on any atom is -0.493 e. The van der Waals surface area contributed by atoms with Crippen molar-refractivity contribution in [3.05, 3.63) is 52.6 Å². The Morgan fingerprint density at radius 1 is 0.912 bits per heavy atom. The predicted molar refractivity (Wildman–Crippen MR) is 108 cm³/mol. The molecule has 2 atom stereocenters. The van der Waals surface area contributed by atoms with Crippen molar-refractivity contribution in [1.82, 2.24) is 0 Å². The van der Waals surface area contributed by atoms with Crippen LogP contribution in [0.25, 0.3) is 0 Å². The molecular formula is C22H19F6NO5. The molecule has 0 unspecified atom stereocenters. The maximum absolute atomic E-state index is 13.3. The van der Waals surface area contributed by atoms with E-state index in [0.717, 1.165) is 4.90 Å². The van der Waals surface area contributed by atoms with Gasteiger partial charge in [-0.3, -0.25) is 9.69 Å². The zero-order valence-electron chi connectivity index (χ0n) is 18.0. The first-order valence-corrected chi connectivity index (χ1v) is 9.80. The SMILES string of the molecule is COc1cc2c(cc1OC)N(C(=O)O)[C@H](C)C[C@@H]2C(=O)c1cc(C(F)(F)F)cc(C(F)(F)F)c1. The van der Waals surface area contributed by atoms with E-state index in [0.29, 0.717) is 12.1 Å². The molecule has 1 N–H and O–H groups in total. The minimum absolute atomic E-state index is 0.0188. The van der Waals surface area contributed by atoms with E-state index in [1.165, 1.54) is 33.3 Å². The van der Waals surface area contributed by atoms with Crippen LogP contribution in [0.3, 0.4) is 0 Å². The molecule has 34 heavy (non-hydrogen) atoms. The van der Waals surface area contributed by atoms with Gasteiger partial charge < -0.3 is 14.6 Å². The number of Topliss-reactive ketones (excluding diaryl/α,β-unsaturated/α-hetero) is 1. The summed E-state index contributed by atoms with van der Waals surface area (Å²) in [5, 5.41) is 9.66. The Balaban J connectivity index is 2.22. The Hall–Kier alpha value is -3.44. The van der Waals surface area contributed by atoms with Crippen LogP contribution < -0.4 is 14.4 Å². The van der Waals surface area contributed by atoms with Crippen LogP contribution in [0.4, 0.5) is 36.8 Å². The Labute approximate surface area is 189 Å². The second-order valence-electron chi connectivity index (χ2n) is 7.71. The number of nitrogens with zero attached hydrogens (tertiary/aromatic N) is 1. The zero-order chi connectivity index (χ0) is 25.6. The average molecular weight is 491 g/mol. The van der Waals surface area contributed by atoms with Crippen LogP contribution in [0, 0.1) is 0 Å².